The minimum Gasteiger partial charge on any atom is -0.388 e. The SMILES string of the molecule is Cc1nnc(CC(C)(O)CN)n1-c1ccccc1. The van der Waals surface area contributed by atoms with Gasteiger partial charge in [0.1, 0.15) is 11.6 Å². The summed E-state index contributed by atoms with van der Waals surface area (Å²) in [6.45, 7) is 3.78. The molecule has 1 heterocycles. The third kappa shape index (κ3) is 2.57. The Labute approximate surface area is 106 Å². The molecule has 0 aliphatic rings. The van der Waals surface area contributed by atoms with Gasteiger partial charge >= 0.3 is 0 Å². The van der Waals surface area contributed by atoms with E-state index in [1.54, 1.807) is 6.92 Å². The first kappa shape index (κ1) is 12.7. The molecule has 0 aliphatic heterocycles. The molecule has 0 radical (unpaired) electrons. The second kappa shape index (κ2) is 4.88. The first-order valence-corrected chi connectivity index (χ1v) is 5.92. The zero-order valence-electron chi connectivity index (χ0n) is 10.7. The minimum absolute atomic E-state index is 0.188. The van der Waals surface area contributed by atoms with Gasteiger partial charge in [-0.1, -0.05) is 18.2 Å². The van der Waals surface area contributed by atoms with Crippen LogP contribution in [0.3, 0.4) is 0 Å². The van der Waals surface area contributed by atoms with Crippen LogP contribution in [0.1, 0.15) is 18.6 Å². The third-order valence-corrected chi connectivity index (χ3v) is 2.88. The van der Waals surface area contributed by atoms with E-state index in [-0.39, 0.29) is 6.54 Å². The van der Waals surface area contributed by atoms with Crippen LogP contribution in [0, 0.1) is 6.92 Å². The minimum atomic E-state index is -0.966. The summed E-state index contributed by atoms with van der Waals surface area (Å²) in [5, 5.41) is 18.2. The highest BCUT2D eigenvalue weighted by molar-refractivity contribution is 5.34. The number of nitrogens with zero attached hydrogens (tertiary/aromatic N) is 3. The average Bonchev–Trinajstić information content (AvgIpc) is 2.71. The maximum Gasteiger partial charge on any atom is 0.140 e. The molecule has 0 amide bonds. The molecule has 18 heavy (non-hydrogen) atoms. The first-order valence-electron chi connectivity index (χ1n) is 5.92. The van der Waals surface area contributed by atoms with Crippen molar-refractivity contribution in [3.63, 3.8) is 0 Å². The zero-order chi connectivity index (χ0) is 13.2. The van der Waals surface area contributed by atoms with Crippen molar-refractivity contribution in [2.75, 3.05) is 6.54 Å². The standard InChI is InChI=1S/C13H18N4O/c1-10-15-16-12(8-13(2,18)9-14)17(10)11-6-4-3-5-7-11/h3-7,18H,8-9,14H2,1-2H3. The van der Waals surface area contributed by atoms with Crippen LogP contribution < -0.4 is 5.73 Å². The summed E-state index contributed by atoms with van der Waals surface area (Å²) in [6, 6.07) is 9.84. The summed E-state index contributed by atoms with van der Waals surface area (Å²) in [5.41, 5.74) is 5.56. The van der Waals surface area contributed by atoms with Gasteiger partial charge in [0, 0.05) is 18.7 Å². The molecule has 3 N–H and O–H groups in total. The van der Waals surface area contributed by atoms with Crippen LogP contribution in [0.5, 0.6) is 0 Å². The van der Waals surface area contributed by atoms with Gasteiger partial charge < -0.3 is 10.8 Å². The van der Waals surface area contributed by atoms with E-state index in [1.165, 1.54) is 0 Å². The Balaban J connectivity index is 2.40. The van der Waals surface area contributed by atoms with Gasteiger partial charge in [-0.05, 0) is 26.0 Å². The molecule has 0 bridgehead atoms. The van der Waals surface area contributed by atoms with Crippen molar-refractivity contribution in [3.8, 4) is 5.69 Å². The van der Waals surface area contributed by atoms with Crippen molar-refractivity contribution in [2.45, 2.75) is 25.9 Å². The molecule has 1 aromatic heterocycles. The quantitative estimate of drug-likeness (QED) is 0.837. The Hall–Kier alpha value is -1.72. The fourth-order valence-corrected chi connectivity index (χ4v) is 1.85. The Morgan fingerprint density at radius 2 is 1.94 bits per heavy atom. The molecule has 1 unspecified atom stereocenters. The van der Waals surface area contributed by atoms with E-state index in [0.717, 1.165) is 11.5 Å². The molecule has 0 aliphatic carbocycles. The number of hydrogen-bond donors (Lipinski definition) is 2. The van der Waals surface area contributed by atoms with Gasteiger partial charge in [-0.25, -0.2) is 0 Å². The predicted octanol–water partition coefficient (Wildman–Crippen LogP) is 0.828. The molecule has 1 atom stereocenters. The van der Waals surface area contributed by atoms with Gasteiger partial charge in [0.15, 0.2) is 0 Å². The van der Waals surface area contributed by atoms with E-state index in [0.29, 0.717) is 12.2 Å². The molecular weight excluding hydrogens is 228 g/mol. The molecule has 2 rings (SSSR count). The van der Waals surface area contributed by atoms with E-state index >= 15 is 0 Å². The van der Waals surface area contributed by atoms with Crippen molar-refractivity contribution >= 4 is 0 Å². The highest BCUT2D eigenvalue weighted by Gasteiger charge is 2.23. The summed E-state index contributed by atoms with van der Waals surface area (Å²) in [7, 11) is 0. The van der Waals surface area contributed by atoms with Crippen molar-refractivity contribution < 1.29 is 5.11 Å². The number of nitrogens with two attached hydrogens (primary N) is 1. The number of aliphatic hydroxyl groups is 1. The van der Waals surface area contributed by atoms with Gasteiger partial charge in [0.05, 0.1) is 5.60 Å². The maximum atomic E-state index is 10.1. The van der Waals surface area contributed by atoms with Crippen molar-refractivity contribution in [2.24, 2.45) is 5.73 Å². The van der Waals surface area contributed by atoms with Crippen LogP contribution in [0.15, 0.2) is 30.3 Å². The lowest BCUT2D eigenvalue weighted by Gasteiger charge is -2.20. The molecule has 0 saturated heterocycles. The lowest BCUT2D eigenvalue weighted by Crippen LogP contribution is -2.37. The van der Waals surface area contributed by atoms with Gasteiger partial charge in [0.25, 0.3) is 0 Å². The molecule has 0 fully saturated rings. The highest BCUT2D eigenvalue weighted by atomic mass is 16.3. The lowest BCUT2D eigenvalue weighted by molar-refractivity contribution is 0.0670. The van der Waals surface area contributed by atoms with E-state index in [1.807, 2.05) is 41.8 Å². The number of rotatable bonds is 4. The second-order valence-corrected chi connectivity index (χ2v) is 4.71. The number of para-hydroxylation sites is 1. The zero-order valence-corrected chi connectivity index (χ0v) is 10.7. The van der Waals surface area contributed by atoms with Crippen LogP contribution in [0.2, 0.25) is 0 Å². The molecule has 5 nitrogen and oxygen atoms in total. The predicted molar refractivity (Wildman–Crippen MR) is 69.5 cm³/mol. The van der Waals surface area contributed by atoms with E-state index in [2.05, 4.69) is 10.2 Å². The van der Waals surface area contributed by atoms with Crippen LogP contribution in [-0.2, 0) is 6.42 Å². The molecule has 1 aromatic carbocycles. The van der Waals surface area contributed by atoms with Gasteiger partial charge in [-0.15, -0.1) is 10.2 Å². The van der Waals surface area contributed by atoms with E-state index < -0.39 is 5.60 Å². The molecule has 0 saturated carbocycles. The summed E-state index contributed by atoms with van der Waals surface area (Å²) < 4.78 is 1.93. The topological polar surface area (TPSA) is 77.0 Å². The van der Waals surface area contributed by atoms with Crippen LogP contribution in [-0.4, -0.2) is 32.0 Å². The van der Waals surface area contributed by atoms with Crippen molar-refractivity contribution in [1.29, 1.82) is 0 Å². The molecule has 0 spiro atoms. The van der Waals surface area contributed by atoms with Crippen LogP contribution in [0.25, 0.3) is 5.69 Å². The average molecular weight is 246 g/mol. The number of hydrogen-bond acceptors (Lipinski definition) is 4. The van der Waals surface area contributed by atoms with Crippen LogP contribution >= 0.6 is 0 Å². The van der Waals surface area contributed by atoms with Gasteiger partial charge in [0.2, 0.25) is 0 Å². The lowest BCUT2D eigenvalue weighted by atomic mass is 10.0. The number of benzene rings is 1. The monoisotopic (exact) mass is 246 g/mol. The Morgan fingerprint density at radius 3 is 2.56 bits per heavy atom. The van der Waals surface area contributed by atoms with Crippen molar-refractivity contribution in [1.82, 2.24) is 14.8 Å². The molecule has 96 valence electrons. The van der Waals surface area contributed by atoms with E-state index in [9.17, 15) is 5.11 Å². The molecular formula is C13H18N4O. The summed E-state index contributed by atoms with van der Waals surface area (Å²) in [6.07, 6.45) is 0.374. The Morgan fingerprint density at radius 1 is 1.28 bits per heavy atom. The fourth-order valence-electron chi connectivity index (χ4n) is 1.85. The normalized spacial score (nSPS) is 14.4. The molecule has 2 aromatic rings. The van der Waals surface area contributed by atoms with E-state index in [4.69, 9.17) is 5.73 Å². The largest absolute Gasteiger partial charge is 0.388 e. The maximum absolute atomic E-state index is 10.1. The Bertz CT molecular complexity index is 519. The van der Waals surface area contributed by atoms with Gasteiger partial charge in [-0.2, -0.15) is 0 Å². The van der Waals surface area contributed by atoms with Gasteiger partial charge in [-0.3, -0.25) is 4.57 Å². The smallest absolute Gasteiger partial charge is 0.140 e. The number of aromatic nitrogens is 3. The number of aryl methyl sites for hydroxylation is 1. The van der Waals surface area contributed by atoms with Crippen molar-refractivity contribution in [3.05, 3.63) is 42.0 Å². The highest BCUT2D eigenvalue weighted by Crippen LogP contribution is 2.16. The third-order valence-electron chi connectivity index (χ3n) is 2.88. The second-order valence-electron chi connectivity index (χ2n) is 4.71. The summed E-state index contributed by atoms with van der Waals surface area (Å²) >= 11 is 0. The molecule has 5 heteroatoms. The summed E-state index contributed by atoms with van der Waals surface area (Å²) in [4.78, 5) is 0. The van der Waals surface area contributed by atoms with Crippen LogP contribution in [0.4, 0.5) is 0 Å². The Kier molecular flexibility index (Phi) is 3.45. The first-order chi connectivity index (χ1) is 8.53. The summed E-state index contributed by atoms with van der Waals surface area (Å²) in [5.74, 6) is 1.51. The fraction of sp³-hybridized carbons (Fsp3) is 0.385.